The first kappa shape index (κ1) is 15.0. The molecule has 0 aromatic carbocycles. The van der Waals surface area contributed by atoms with E-state index in [1.807, 2.05) is 6.20 Å². The van der Waals surface area contributed by atoms with Crippen LogP contribution in [0.1, 0.15) is 44.0 Å². The van der Waals surface area contributed by atoms with E-state index in [4.69, 9.17) is 5.73 Å². The highest BCUT2D eigenvalue weighted by molar-refractivity contribution is 7.13. The quantitative estimate of drug-likeness (QED) is 0.868. The number of aromatic nitrogens is 2. The smallest absolute Gasteiger partial charge is 0.142 e. The third-order valence-corrected chi connectivity index (χ3v) is 5.40. The van der Waals surface area contributed by atoms with Crippen LogP contribution in [-0.2, 0) is 12.8 Å². The molecule has 3 rings (SSSR count). The lowest BCUT2D eigenvalue weighted by Crippen LogP contribution is -2.28. The van der Waals surface area contributed by atoms with Crippen molar-refractivity contribution in [3.8, 4) is 16.5 Å². The van der Waals surface area contributed by atoms with Crippen LogP contribution in [0.15, 0.2) is 11.7 Å². The number of fused-ring (bicyclic) bond motifs is 1. The van der Waals surface area contributed by atoms with Gasteiger partial charge in [0.1, 0.15) is 17.5 Å². The predicted molar refractivity (Wildman–Crippen MR) is 89.4 cm³/mol. The molecular weight excluding hydrogens is 292 g/mol. The van der Waals surface area contributed by atoms with Crippen molar-refractivity contribution in [1.29, 1.82) is 5.26 Å². The molecule has 2 N–H and O–H groups in total. The summed E-state index contributed by atoms with van der Waals surface area (Å²) in [6.07, 6.45) is 4.82. The third-order valence-electron chi connectivity index (χ3n) is 4.61. The van der Waals surface area contributed by atoms with Gasteiger partial charge in [0, 0.05) is 17.5 Å². The maximum absolute atomic E-state index is 9.54. The number of aryl methyl sites for hydroxylation is 1. The minimum absolute atomic E-state index is 0.247. The average Bonchev–Trinajstić information content (AvgIpc) is 2.98. The summed E-state index contributed by atoms with van der Waals surface area (Å²) in [4.78, 5) is 9.69. The van der Waals surface area contributed by atoms with Crippen molar-refractivity contribution in [2.75, 3.05) is 5.73 Å². The van der Waals surface area contributed by atoms with Crippen molar-refractivity contribution in [2.24, 2.45) is 11.3 Å². The van der Waals surface area contributed by atoms with Gasteiger partial charge in [-0.05, 0) is 36.2 Å². The molecule has 0 fully saturated rings. The second-order valence-corrected chi connectivity index (χ2v) is 7.84. The van der Waals surface area contributed by atoms with Crippen molar-refractivity contribution >= 4 is 17.2 Å². The van der Waals surface area contributed by atoms with Crippen LogP contribution in [0.25, 0.3) is 10.4 Å². The van der Waals surface area contributed by atoms with Crippen molar-refractivity contribution in [1.82, 2.24) is 9.97 Å². The maximum atomic E-state index is 9.54. The van der Waals surface area contributed by atoms with Crippen molar-refractivity contribution in [3.63, 3.8) is 0 Å². The number of anilines is 1. The zero-order valence-electron chi connectivity index (χ0n) is 13.2. The van der Waals surface area contributed by atoms with Crippen LogP contribution < -0.4 is 5.73 Å². The topological polar surface area (TPSA) is 75.6 Å². The molecule has 1 atom stereocenters. The zero-order valence-corrected chi connectivity index (χ0v) is 14.0. The Balaban J connectivity index is 2.20. The zero-order chi connectivity index (χ0) is 15.9. The lowest BCUT2D eigenvalue weighted by atomic mass is 9.70. The number of thiazole rings is 1. The van der Waals surface area contributed by atoms with E-state index in [9.17, 15) is 5.26 Å². The number of nitrogen functional groups attached to an aromatic ring is 1. The predicted octanol–water partition coefficient (Wildman–Crippen LogP) is 3.81. The van der Waals surface area contributed by atoms with Gasteiger partial charge in [0.25, 0.3) is 0 Å². The van der Waals surface area contributed by atoms with Gasteiger partial charge in [0.05, 0.1) is 10.4 Å². The van der Waals surface area contributed by atoms with E-state index in [1.54, 1.807) is 16.8 Å². The Bertz CT molecular complexity index is 735. The van der Waals surface area contributed by atoms with E-state index in [0.717, 1.165) is 35.4 Å². The van der Waals surface area contributed by atoms with E-state index < -0.39 is 0 Å². The van der Waals surface area contributed by atoms with E-state index >= 15 is 0 Å². The van der Waals surface area contributed by atoms with Crippen LogP contribution in [0.4, 0.5) is 5.82 Å². The van der Waals surface area contributed by atoms with Gasteiger partial charge in [-0.2, -0.15) is 5.26 Å². The Hall–Kier alpha value is -1.93. The van der Waals surface area contributed by atoms with Crippen LogP contribution >= 0.6 is 11.3 Å². The monoisotopic (exact) mass is 312 g/mol. The maximum Gasteiger partial charge on any atom is 0.142 e. The molecular formula is C17H20N4S. The van der Waals surface area contributed by atoms with Gasteiger partial charge in [-0.3, -0.25) is 4.98 Å². The highest BCUT2D eigenvalue weighted by Gasteiger charge is 2.32. The normalized spacial score (nSPS) is 17.8. The molecule has 0 saturated carbocycles. The first-order valence-electron chi connectivity index (χ1n) is 7.52. The van der Waals surface area contributed by atoms with Crippen LogP contribution in [0.2, 0.25) is 0 Å². The summed E-state index contributed by atoms with van der Waals surface area (Å²) in [6.45, 7) is 6.85. The minimum atomic E-state index is 0.247. The second kappa shape index (κ2) is 5.36. The fourth-order valence-electron chi connectivity index (χ4n) is 3.24. The molecule has 2 aromatic heterocycles. The molecule has 1 aliphatic rings. The fraction of sp³-hybridized carbons (Fsp3) is 0.471. The Labute approximate surface area is 135 Å². The number of rotatable bonds is 1. The molecule has 5 heteroatoms. The Morgan fingerprint density at radius 1 is 1.41 bits per heavy atom. The minimum Gasteiger partial charge on any atom is -0.383 e. The number of pyridine rings is 1. The summed E-state index contributed by atoms with van der Waals surface area (Å²) in [5.74, 6) is 0.933. The molecule has 0 bridgehead atoms. The van der Waals surface area contributed by atoms with Crippen molar-refractivity contribution < 1.29 is 0 Å². The van der Waals surface area contributed by atoms with Gasteiger partial charge >= 0.3 is 0 Å². The van der Waals surface area contributed by atoms with Crippen molar-refractivity contribution in [2.45, 2.75) is 40.0 Å². The SMILES string of the molecule is CC(C)(C)C1CCc2nc(N)c(C#N)c(-c3cncs3)c2C1. The third kappa shape index (κ3) is 2.48. The van der Waals surface area contributed by atoms with Crippen LogP contribution in [0.3, 0.4) is 0 Å². The molecule has 0 amide bonds. The van der Waals surface area contributed by atoms with Gasteiger partial charge in [-0.15, -0.1) is 11.3 Å². The first-order chi connectivity index (χ1) is 10.4. The molecule has 0 aliphatic heterocycles. The van der Waals surface area contributed by atoms with Gasteiger partial charge in [0.15, 0.2) is 0 Å². The molecule has 22 heavy (non-hydrogen) atoms. The van der Waals surface area contributed by atoms with E-state index in [-0.39, 0.29) is 5.41 Å². The summed E-state index contributed by atoms with van der Waals surface area (Å²) in [6, 6.07) is 2.25. The standard InChI is InChI=1S/C17H20N4S/c1-17(2,3)10-4-5-13-11(6-10)15(14-8-20-9-22-14)12(7-18)16(19)21-13/h8-10H,4-6H2,1-3H3,(H2,19,21). The van der Waals surface area contributed by atoms with Gasteiger partial charge in [-0.25, -0.2) is 4.98 Å². The highest BCUT2D eigenvalue weighted by Crippen LogP contribution is 2.42. The lowest BCUT2D eigenvalue weighted by molar-refractivity contribution is 0.215. The summed E-state index contributed by atoms with van der Waals surface area (Å²) in [5, 5.41) is 9.54. The van der Waals surface area contributed by atoms with Gasteiger partial charge in [0.2, 0.25) is 0 Å². The molecule has 2 heterocycles. The summed E-state index contributed by atoms with van der Waals surface area (Å²) >= 11 is 1.55. The highest BCUT2D eigenvalue weighted by atomic mass is 32.1. The summed E-state index contributed by atoms with van der Waals surface area (Å²) < 4.78 is 0. The van der Waals surface area contributed by atoms with Crippen LogP contribution in [-0.4, -0.2) is 9.97 Å². The molecule has 2 aromatic rings. The number of nitrogens with two attached hydrogens (primary N) is 1. The number of nitrogens with zero attached hydrogens (tertiary/aromatic N) is 3. The molecule has 1 unspecified atom stereocenters. The van der Waals surface area contributed by atoms with E-state index in [0.29, 0.717) is 17.3 Å². The van der Waals surface area contributed by atoms with E-state index in [2.05, 4.69) is 36.8 Å². The van der Waals surface area contributed by atoms with Crippen LogP contribution in [0.5, 0.6) is 0 Å². The Kier molecular flexibility index (Phi) is 3.65. The molecule has 1 aliphatic carbocycles. The lowest BCUT2D eigenvalue weighted by Gasteiger charge is -2.35. The molecule has 4 nitrogen and oxygen atoms in total. The fourth-order valence-corrected chi connectivity index (χ4v) is 3.94. The average molecular weight is 312 g/mol. The molecule has 0 radical (unpaired) electrons. The number of hydrogen-bond donors (Lipinski definition) is 1. The molecule has 0 spiro atoms. The molecule has 114 valence electrons. The Morgan fingerprint density at radius 3 is 2.77 bits per heavy atom. The van der Waals surface area contributed by atoms with E-state index in [1.165, 1.54) is 5.56 Å². The van der Waals surface area contributed by atoms with Gasteiger partial charge < -0.3 is 5.73 Å². The number of hydrogen-bond acceptors (Lipinski definition) is 5. The van der Waals surface area contributed by atoms with Crippen molar-refractivity contribution in [3.05, 3.63) is 28.5 Å². The largest absolute Gasteiger partial charge is 0.383 e. The summed E-state index contributed by atoms with van der Waals surface area (Å²) in [7, 11) is 0. The van der Waals surface area contributed by atoms with Crippen LogP contribution in [0, 0.1) is 22.7 Å². The van der Waals surface area contributed by atoms with Gasteiger partial charge in [-0.1, -0.05) is 20.8 Å². The molecule has 0 saturated heterocycles. The Morgan fingerprint density at radius 2 is 2.18 bits per heavy atom. The summed E-state index contributed by atoms with van der Waals surface area (Å²) in [5.41, 5.74) is 11.8. The number of nitriles is 1. The first-order valence-corrected chi connectivity index (χ1v) is 8.40. The second-order valence-electron chi connectivity index (χ2n) is 6.96.